The molecule has 2 amide bonds. The summed E-state index contributed by atoms with van der Waals surface area (Å²) in [7, 11) is 0. The number of fused-ring (bicyclic) bond motifs is 1. The summed E-state index contributed by atoms with van der Waals surface area (Å²) in [6.45, 7) is 0.565. The minimum absolute atomic E-state index is 0.0903. The molecule has 24 heavy (non-hydrogen) atoms. The normalized spacial score (nSPS) is 12.0. The second-order valence-corrected chi connectivity index (χ2v) is 5.73. The zero-order valence-corrected chi connectivity index (χ0v) is 13.3. The van der Waals surface area contributed by atoms with Crippen LogP contribution in [0.15, 0.2) is 60.8 Å². The molecule has 0 radical (unpaired) electrons. The number of H-pyrrole nitrogens is 1. The van der Waals surface area contributed by atoms with Gasteiger partial charge in [0.1, 0.15) is 0 Å². The van der Waals surface area contributed by atoms with Gasteiger partial charge in [-0.25, -0.2) is 4.79 Å². The molecule has 3 aromatic rings. The van der Waals surface area contributed by atoms with Crippen LogP contribution in [0.5, 0.6) is 0 Å². The summed E-state index contributed by atoms with van der Waals surface area (Å²) < 4.78 is 0. The SMILES string of the molecule is O=C(NCC(CCO)c1ccccc1)Nc1ccc2[nH]ccc2c1. The molecule has 0 aliphatic rings. The molecule has 0 spiro atoms. The van der Waals surface area contributed by atoms with Gasteiger partial charge in [-0.05, 0) is 36.2 Å². The minimum Gasteiger partial charge on any atom is -0.396 e. The lowest BCUT2D eigenvalue weighted by Gasteiger charge is -2.17. The van der Waals surface area contributed by atoms with Gasteiger partial charge in [-0.1, -0.05) is 30.3 Å². The molecule has 0 aliphatic heterocycles. The topological polar surface area (TPSA) is 77.2 Å². The average molecular weight is 323 g/mol. The van der Waals surface area contributed by atoms with E-state index in [1.54, 1.807) is 0 Å². The van der Waals surface area contributed by atoms with Gasteiger partial charge in [-0.3, -0.25) is 0 Å². The van der Waals surface area contributed by atoms with E-state index >= 15 is 0 Å². The number of hydrogen-bond acceptors (Lipinski definition) is 2. The van der Waals surface area contributed by atoms with E-state index in [0.29, 0.717) is 13.0 Å². The Balaban J connectivity index is 1.59. The molecule has 0 fully saturated rings. The van der Waals surface area contributed by atoms with Crippen molar-refractivity contribution < 1.29 is 9.90 Å². The Kier molecular flexibility index (Phi) is 5.13. The first kappa shape index (κ1) is 16.1. The van der Waals surface area contributed by atoms with Crippen LogP contribution in [0.25, 0.3) is 10.9 Å². The number of anilines is 1. The van der Waals surface area contributed by atoms with E-state index in [-0.39, 0.29) is 18.6 Å². The number of amides is 2. The molecule has 0 bridgehead atoms. The summed E-state index contributed by atoms with van der Waals surface area (Å²) in [4.78, 5) is 15.3. The molecule has 0 saturated heterocycles. The molecule has 3 rings (SSSR count). The fourth-order valence-electron chi connectivity index (χ4n) is 2.79. The lowest BCUT2D eigenvalue weighted by Crippen LogP contribution is -2.32. The van der Waals surface area contributed by atoms with Crippen molar-refractivity contribution in [2.45, 2.75) is 12.3 Å². The third-order valence-electron chi connectivity index (χ3n) is 4.07. The van der Waals surface area contributed by atoms with Crippen LogP contribution in [0.2, 0.25) is 0 Å². The molecule has 124 valence electrons. The molecule has 4 N–H and O–H groups in total. The summed E-state index contributed by atoms with van der Waals surface area (Å²) >= 11 is 0. The quantitative estimate of drug-likeness (QED) is 0.561. The summed E-state index contributed by atoms with van der Waals surface area (Å²) in [5, 5.41) is 16.0. The van der Waals surface area contributed by atoms with E-state index in [2.05, 4.69) is 15.6 Å². The van der Waals surface area contributed by atoms with Crippen molar-refractivity contribution >= 4 is 22.6 Å². The van der Waals surface area contributed by atoms with Gasteiger partial charge in [0.2, 0.25) is 0 Å². The number of aliphatic hydroxyl groups excluding tert-OH is 1. The highest BCUT2D eigenvalue weighted by atomic mass is 16.3. The fraction of sp³-hybridized carbons (Fsp3) is 0.211. The van der Waals surface area contributed by atoms with Crippen LogP contribution < -0.4 is 10.6 Å². The predicted octanol–water partition coefficient (Wildman–Crippen LogP) is 3.46. The third kappa shape index (κ3) is 3.94. The van der Waals surface area contributed by atoms with E-state index in [1.165, 1.54) is 0 Å². The molecule has 0 aliphatic carbocycles. The summed E-state index contributed by atoms with van der Waals surface area (Å²) in [6.07, 6.45) is 2.48. The molecule has 1 aromatic heterocycles. The zero-order valence-electron chi connectivity index (χ0n) is 13.3. The fourth-order valence-corrected chi connectivity index (χ4v) is 2.79. The molecule has 1 heterocycles. The highest BCUT2D eigenvalue weighted by Crippen LogP contribution is 2.19. The Labute approximate surface area is 140 Å². The zero-order chi connectivity index (χ0) is 16.8. The Bertz CT molecular complexity index is 798. The Morgan fingerprint density at radius 2 is 1.96 bits per heavy atom. The van der Waals surface area contributed by atoms with Gasteiger partial charge in [0, 0.05) is 41.9 Å². The van der Waals surface area contributed by atoms with Crippen molar-refractivity contribution in [3.63, 3.8) is 0 Å². The van der Waals surface area contributed by atoms with Gasteiger partial charge in [-0.15, -0.1) is 0 Å². The van der Waals surface area contributed by atoms with Crippen LogP contribution in [0.3, 0.4) is 0 Å². The number of urea groups is 1. The van der Waals surface area contributed by atoms with Gasteiger partial charge in [0.15, 0.2) is 0 Å². The monoisotopic (exact) mass is 323 g/mol. The highest BCUT2D eigenvalue weighted by Gasteiger charge is 2.12. The van der Waals surface area contributed by atoms with Crippen molar-refractivity contribution in [3.05, 3.63) is 66.4 Å². The van der Waals surface area contributed by atoms with Gasteiger partial charge >= 0.3 is 6.03 Å². The summed E-state index contributed by atoms with van der Waals surface area (Å²) in [6, 6.07) is 17.3. The second kappa shape index (κ2) is 7.66. The number of benzene rings is 2. The van der Waals surface area contributed by atoms with Crippen molar-refractivity contribution in [3.8, 4) is 0 Å². The number of carbonyl (C=O) groups excluding carboxylic acids is 1. The van der Waals surface area contributed by atoms with E-state index in [9.17, 15) is 9.90 Å². The molecule has 2 aromatic carbocycles. The maximum atomic E-state index is 12.1. The van der Waals surface area contributed by atoms with Gasteiger partial charge in [-0.2, -0.15) is 0 Å². The molecular weight excluding hydrogens is 302 g/mol. The van der Waals surface area contributed by atoms with E-state index in [1.807, 2.05) is 60.8 Å². The number of rotatable bonds is 6. The van der Waals surface area contributed by atoms with Crippen molar-refractivity contribution in [1.82, 2.24) is 10.3 Å². The van der Waals surface area contributed by atoms with E-state index < -0.39 is 0 Å². The van der Waals surface area contributed by atoms with E-state index in [4.69, 9.17) is 0 Å². The van der Waals surface area contributed by atoms with Crippen molar-refractivity contribution in [2.24, 2.45) is 0 Å². The first-order valence-electron chi connectivity index (χ1n) is 8.04. The predicted molar refractivity (Wildman–Crippen MR) is 96.2 cm³/mol. The number of aromatic nitrogens is 1. The van der Waals surface area contributed by atoms with Crippen LogP contribution in [0, 0.1) is 0 Å². The number of nitrogens with one attached hydrogen (secondary N) is 3. The van der Waals surface area contributed by atoms with Crippen LogP contribution >= 0.6 is 0 Å². The summed E-state index contributed by atoms with van der Waals surface area (Å²) in [5.74, 6) is 0.0918. The maximum absolute atomic E-state index is 12.1. The molecule has 0 saturated carbocycles. The lowest BCUT2D eigenvalue weighted by molar-refractivity contribution is 0.248. The van der Waals surface area contributed by atoms with Gasteiger partial charge in [0.05, 0.1) is 0 Å². The Hall–Kier alpha value is -2.79. The number of aliphatic hydroxyl groups is 1. The van der Waals surface area contributed by atoms with Crippen molar-refractivity contribution in [1.29, 1.82) is 0 Å². The molecule has 1 unspecified atom stereocenters. The first-order chi connectivity index (χ1) is 11.8. The second-order valence-electron chi connectivity index (χ2n) is 5.73. The number of aromatic amines is 1. The largest absolute Gasteiger partial charge is 0.396 e. The highest BCUT2D eigenvalue weighted by molar-refractivity contribution is 5.92. The molecule has 5 nitrogen and oxygen atoms in total. The molecular formula is C19H21N3O2. The van der Waals surface area contributed by atoms with Crippen LogP contribution in [-0.2, 0) is 0 Å². The Morgan fingerprint density at radius 3 is 2.75 bits per heavy atom. The van der Waals surface area contributed by atoms with Crippen molar-refractivity contribution in [2.75, 3.05) is 18.5 Å². The smallest absolute Gasteiger partial charge is 0.319 e. The minimum atomic E-state index is -0.247. The Morgan fingerprint density at radius 1 is 1.12 bits per heavy atom. The molecule has 5 heteroatoms. The standard InChI is InChI=1S/C19H21N3O2/c23-11-9-16(14-4-2-1-3-5-14)13-21-19(24)22-17-6-7-18-15(12-17)8-10-20-18/h1-8,10,12,16,20,23H,9,11,13H2,(H2,21,22,24). The number of carbonyl (C=O) groups is 1. The first-order valence-corrected chi connectivity index (χ1v) is 8.04. The summed E-state index contributed by atoms with van der Waals surface area (Å²) in [5.41, 5.74) is 2.90. The average Bonchev–Trinajstić information content (AvgIpc) is 3.07. The molecule has 1 atom stereocenters. The third-order valence-corrected chi connectivity index (χ3v) is 4.07. The van der Waals surface area contributed by atoms with Gasteiger partial charge < -0.3 is 20.7 Å². The maximum Gasteiger partial charge on any atom is 0.319 e. The van der Waals surface area contributed by atoms with Crippen LogP contribution in [0.1, 0.15) is 17.9 Å². The van der Waals surface area contributed by atoms with Crippen LogP contribution in [-0.4, -0.2) is 29.3 Å². The van der Waals surface area contributed by atoms with E-state index in [0.717, 1.165) is 22.2 Å². The lowest BCUT2D eigenvalue weighted by atomic mass is 9.96. The van der Waals surface area contributed by atoms with Gasteiger partial charge in [0.25, 0.3) is 0 Å². The van der Waals surface area contributed by atoms with Crippen LogP contribution in [0.4, 0.5) is 10.5 Å². The number of hydrogen-bond donors (Lipinski definition) is 4.